The smallest absolute Gasteiger partial charge is 0.308 e. The SMILES string of the molecule is C[C@@H]1CN(C2CCC(C)(C)C2)C[C@H]1C(=O)O. The van der Waals surface area contributed by atoms with E-state index in [2.05, 4.69) is 25.7 Å². The maximum Gasteiger partial charge on any atom is 0.308 e. The van der Waals surface area contributed by atoms with Gasteiger partial charge in [-0.3, -0.25) is 9.69 Å². The lowest BCUT2D eigenvalue weighted by Gasteiger charge is -2.25. The molecule has 1 unspecified atom stereocenters. The molecule has 2 aliphatic rings. The number of carboxylic acid groups (broad SMARTS) is 1. The lowest BCUT2D eigenvalue weighted by Crippen LogP contribution is -2.32. The monoisotopic (exact) mass is 225 g/mol. The van der Waals surface area contributed by atoms with Gasteiger partial charge in [-0.05, 0) is 30.6 Å². The van der Waals surface area contributed by atoms with Crippen molar-refractivity contribution < 1.29 is 9.90 Å². The molecule has 0 aromatic heterocycles. The van der Waals surface area contributed by atoms with Crippen molar-refractivity contribution in [3.05, 3.63) is 0 Å². The molecular weight excluding hydrogens is 202 g/mol. The van der Waals surface area contributed by atoms with Gasteiger partial charge in [0.05, 0.1) is 5.92 Å². The maximum absolute atomic E-state index is 11.1. The van der Waals surface area contributed by atoms with Crippen LogP contribution >= 0.6 is 0 Å². The lowest BCUT2D eigenvalue weighted by molar-refractivity contribution is -0.142. The molecule has 3 nitrogen and oxygen atoms in total. The Morgan fingerprint density at radius 1 is 1.38 bits per heavy atom. The summed E-state index contributed by atoms with van der Waals surface area (Å²) in [5.41, 5.74) is 0.454. The molecule has 92 valence electrons. The zero-order valence-corrected chi connectivity index (χ0v) is 10.6. The third kappa shape index (κ3) is 2.24. The van der Waals surface area contributed by atoms with Gasteiger partial charge >= 0.3 is 5.97 Å². The summed E-state index contributed by atoms with van der Waals surface area (Å²) in [6.07, 6.45) is 3.75. The molecule has 1 aliphatic heterocycles. The first-order chi connectivity index (χ1) is 7.39. The van der Waals surface area contributed by atoms with Gasteiger partial charge in [-0.15, -0.1) is 0 Å². The minimum absolute atomic E-state index is 0.149. The van der Waals surface area contributed by atoms with Crippen LogP contribution in [0, 0.1) is 17.3 Å². The Hall–Kier alpha value is -0.570. The molecule has 1 N–H and O–H groups in total. The van der Waals surface area contributed by atoms with Gasteiger partial charge < -0.3 is 5.11 Å². The summed E-state index contributed by atoms with van der Waals surface area (Å²) in [5.74, 6) is -0.461. The Labute approximate surface area is 97.8 Å². The minimum atomic E-state index is -0.618. The Morgan fingerprint density at radius 3 is 2.50 bits per heavy atom. The molecule has 1 aliphatic carbocycles. The van der Waals surface area contributed by atoms with E-state index in [-0.39, 0.29) is 5.92 Å². The largest absolute Gasteiger partial charge is 0.481 e. The number of hydrogen-bond acceptors (Lipinski definition) is 2. The Kier molecular flexibility index (Phi) is 2.99. The molecule has 0 amide bonds. The van der Waals surface area contributed by atoms with Crippen LogP contribution in [-0.2, 0) is 4.79 Å². The highest BCUT2D eigenvalue weighted by Crippen LogP contribution is 2.41. The van der Waals surface area contributed by atoms with Crippen LogP contribution in [0.3, 0.4) is 0 Å². The van der Waals surface area contributed by atoms with Crippen LogP contribution in [0.2, 0.25) is 0 Å². The molecule has 2 fully saturated rings. The molecule has 0 bridgehead atoms. The van der Waals surface area contributed by atoms with Gasteiger partial charge in [-0.25, -0.2) is 0 Å². The number of aliphatic carboxylic acids is 1. The van der Waals surface area contributed by atoms with Crippen molar-refractivity contribution in [1.82, 2.24) is 4.90 Å². The molecule has 1 saturated carbocycles. The first-order valence-corrected chi connectivity index (χ1v) is 6.36. The standard InChI is InChI=1S/C13H23NO2/c1-9-7-14(8-11(9)12(15)16)10-4-5-13(2,3)6-10/h9-11H,4-8H2,1-3H3,(H,15,16)/t9-,10?,11-/m1/s1. The van der Waals surface area contributed by atoms with Crippen molar-refractivity contribution in [2.24, 2.45) is 17.3 Å². The fourth-order valence-electron chi connectivity index (χ4n) is 3.33. The summed E-state index contributed by atoms with van der Waals surface area (Å²) >= 11 is 0. The predicted octanol–water partition coefficient (Wildman–Crippen LogP) is 2.22. The van der Waals surface area contributed by atoms with E-state index in [1.165, 1.54) is 19.3 Å². The normalized spacial score (nSPS) is 39.1. The van der Waals surface area contributed by atoms with Crippen LogP contribution in [0.1, 0.15) is 40.0 Å². The molecule has 3 heteroatoms. The van der Waals surface area contributed by atoms with Gasteiger partial charge in [0, 0.05) is 19.1 Å². The van der Waals surface area contributed by atoms with Crippen LogP contribution in [0.25, 0.3) is 0 Å². The van der Waals surface area contributed by atoms with Gasteiger partial charge in [0.25, 0.3) is 0 Å². The van der Waals surface area contributed by atoms with E-state index in [9.17, 15) is 4.79 Å². The first-order valence-electron chi connectivity index (χ1n) is 6.36. The Bertz CT molecular complexity index is 288. The summed E-state index contributed by atoms with van der Waals surface area (Å²) in [6.45, 7) is 8.44. The predicted molar refractivity (Wildman–Crippen MR) is 63.3 cm³/mol. The molecular formula is C13H23NO2. The fraction of sp³-hybridized carbons (Fsp3) is 0.923. The van der Waals surface area contributed by atoms with Crippen LogP contribution in [0.5, 0.6) is 0 Å². The number of rotatable bonds is 2. The summed E-state index contributed by atoms with van der Waals surface area (Å²) in [6, 6.07) is 0.627. The topological polar surface area (TPSA) is 40.5 Å². The van der Waals surface area contributed by atoms with E-state index in [1.807, 2.05) is 0 Å². The number of likely N-dealkylation sites (tertiary alicyclic amines) is 1. The molecule has 1 heterocycles. The van der Waals surface area contributed by atoms with E-state index in [0.717, 1.165) is 13.1 Å². The molecule has 0 radical (unpaired) electrons. The van der Waals surface area contributed by atoms with Crippen molar-refractivity contribution in [2.45, 2.75) is 46.1 Å². The molecule has 1 saturated heterocycles. The highest BCUT2D eigenvalue weighted by atomic mass is 16.4. The summed E-state index contributed by atoms with van der Waals surface area (Å²) < 4.78 is 0. The van der Waals surface area contributed by atoms with Crippen LogP contribution in [0.15, 0.2) is 0 Å². The third-order valence-corrected chi connectivity index (χ3v) is 4.42. The highest BCUT2D eigenvalue weighted by molar-refractivity contribution is 5.71. The van der Waals surface area contributed by atoms with E-state index in [4.69, 9.17) is 5.11 Å². The molecule has 2 rings (SSSR count). The summed E-state index contributed by atoms with van der Waals surface area (Å²) in [7, 11) is 0. The first kappa shape index (κ1) is 11.9. The maximum atomic E-state index is 11.1. The lowest BCUT2D eigenvalue weighted by atomic mass is 9.91. The number of hydrogen-bond donors (Lipinski definition) is 1. The van der Waals surface area contributed by atoms with Crippen LogP contribution in [0.4, 0.5) is 0 Å². The van der Waals surface area contributed by atoms with E-state index in [0.29, 0.717) is 17.4 Å². The van der Waals surface area contributed by atoms with Gasteiger partial charge in [0.15, 0.2) is 0 Å². The van der Waals surface area contributed by atoms with Crippen molar-refractivity contribution in [2.75, 3.05) is 13.1 Å². The summed E-state index contributed by atoms with van der Waals surface area (Å²) in [4.78, 5) is 13.5. The highest BCUT2D eigenvalue weighted by Gasteiger charge is 2.41. The zero-order valence-electron chi connectivity index (χ0n) is 10.6. The molecule has 16 heavy (non-hydrogen) atoms. The Morgan fingerprint density at radius 2 is 2.06 bits per heavy atom. The molecule has 3 atom stereocenters. The quantitative estimate of drug-likeness (QED) is 0.783. The van der Waals surface area contributed by atoms with Crippen molar-refractivity contribution >= 4 is 5.97 Å². The van der Waals surface area contributed by atoms with Crippen LogP contribution < -0.4 is 0 Å². The fourth-order valence-corrected chi connectivity index (χ4v) is 3.33. The summed E-state index contributed by atoms with van der Waals surface area (Å²) in [5, 5.41) is 9.12. The van der Waals surface area contributed by atoms with Crippen molar-refractivity contribution in [3.8, 4) is 0 Å². The second-order valence-electron chi connectivity index (χ2n) is 6.44. The molecule has 0 spiro atoms. The van der Waals surface area contributed by atoms with E-state index >= 15 is 0 Å². The van der Waals surface area contributed by atoms with Gasteiger partial charge in [-0.1, -0.05) is 20.8 Å². The van der Waals surface area contributed by atoms with Crippen LogP contribution in [-0.4, -0.2) is 35.1 Å². The van der Waals surface area contributed by atoms with Crippen molar-refractivity contribution in [1.29, 1.82) is 0 Å². The minimum Gasteiger partial charge on any atom is -0.481 e. The second-order valence-corrected chi connectivity index (χ2v) is 6.44. The zero-order chi connectivity index (χ0) is 11.9. The number of carboxylic acids is 1. The third-order valence-electron chi connectivity index (χ3n) is 4.42. The molecule has 0 aromatic carbocycles. The molecule has 0 aromatic rings. The number of carbonyl (C=O) groups is 1. The van der Waals surface area contributed by atoms with E-state index in [1.54, 1.807) is 0 Å². The van der Waals surface area contributed by atoms with E-state index < -0.39 is 5.97 Å². The second kappa shape index (κ2) is 4.02. The number of nitrogens with zero attached hydrogens (tertiary/aromatic N) is 1. The van der Waals surface area contributed by atoms with Gasteiger partial charge in [0.1, 0.15) is 0 Å². The van der Waals surface area contributed by atoms with Gasteiger partial charge in [-0.2, -0.15) is 0 Å². The average molecular weight is 225 g/mol. The van der Waals surface area contributed by atoms with Crippen molar-refractivity contribution in [3.63, 3.8) is 0 Å². The average Bonchev–Trinajstić information content (AvgIpc) is 2.69. The Balaban J connectivity index is 1.96. The van der Waals surface area contributed by atoms with Gasteiger partial charge in [0.2, 0.25) is 0 Å².